The number of benzene rings is 1. The van der Waals surface area contributed by atoms with Crippen molar-refractivity contribution in [1.29, 1.82) is 0 Å². The van der Waals surface area contributed by atoms with Crippen LogP contribution in [0.4, 0.5) is 0 Å². The lowest BCUT2D eigenvalue weighted by Crippen LogP contribution is -2.33. The number of hydrogen-bond acceptors (Lipinski definition) is 4. The van der Waals surface area contributed by atoms with Crippen LogP contribution >= 0.6 is 0 Å². The monoisotopic (exact) mass is 349 g/mol. The summed E-state index contributed by atoms with van der Waals surface area (Å²) in [6.45, 7) is 1.25. The number of aromatic amines is 1. The Balaban J connectivity index is 1.43. The van der Waals surface area contributed by atoms with E-state index in [2.05, 4.69) is 9.97 Å². The zero-order valence-corrected chi connectivity index (χ0v) is 14.2. The molecule has 1 aliphatic heterocycles. The van der Waals surface area contributed by atoms with Gasteiger partial charge in [0.2, 0.25) is 0 Å². The van der Waals surface area contributed by atoms with E-state index in [4.69, 9.17) is 4.74 Å². The average Bonchev–Trinajstić information content (AvgIpc) is 3.17. The minimum Gasteiger partial charge on any atom is -0.484 e. The third-order valence-corrected chi connectivity index (χ3v) is 4.72. The minimum absolute atomic E-state index is 0.0204. The highest BCUT2D eigenvalue weighted by Gasteiger charge is 2.28. The molecule has 2 aromatic heterocycles. The number of hydrogen-bond donors (Lipinski definition) is 1. The second-order valence-corrected chi connectivity index (χ2v) is 6.42. The summed E-state index contributed by atoms with van der Waals surface area (Å²) in [6.07, 6.45) is 2.49. The highest BCUT2D eigenvalue weighted by molar-refractivity contribution is 5.79. The van der Waals surface area contributed by atoms with E-state index in [0.717, 1.165) is 12.1 Å². The molecule has 0 unspecified atom stereocenters. The number of amides is 1. The fourth-order valence-corrected chi connectivity index (χ4v) is 3.32. The Kier molecular flexibility index (Phi) is 4.39. The smallest absolute Gasteiger partial charge is 0.260 e. The van der Waals surface area contributed by atoms with Gasteiger partial charge in [-0.3, -0.25) is 14.6 Å². The van der Waals surface area contributed by atoms with Gasteiger partial charge in [-0.05, 0) is 36.8 Å². The number of carbonyl (C=O) groups is 1. The van der Waals surface area contributed by atoms with Gasteiger partial charge in [-0.25, -0.2) is 0 Å². The Morgan fingerprint density at radius 1 is 1.23 bits per heavy atom. The van der Waals surface area contributed by atoms with E-state index in [1.807, 2.05) is 36.4 Å². The van der Waals surface area contributed by atoms with Crippen molar-refractivity contribution < 1.29 is 9.53 Å². The maximum absolute atomic E-state index is 12.4. The predicted molar refractivity (Wildman–Crippen MR) is 98.2 cm³/mol. The molecule has 0 bridgehead atoms. The van der Waals surface area contributed by atoms with Crippen LogP contribution in [-0.2, 0) is 4.79 Å². The van der Waals surface area contributed by atoms with Crippen molar-refractivity contribution in [3.05, 3.63) is 70.8 Å². The van der Waals surface area contributed by atoms with E-state index in [0.29, 0.717) is 29.7 Å². The van der Waals surface area contributed by atoms with E-state index in [1.54, 1.807) is 23.2 Å². The highest BCUT2D eigenvalue weighted by atomic mass is 16.5. The molecular formula is C20H19N3O3. The van der Waals surface area contributed by atoms with E-state index in [-0.39, 0.29) is 24.0 Å². The molecule has 6 heteroatoms. The minimum atomic E-state index is -0.136. The standard InChI is InChI=1S/C20H19N3O3/c24-19(13-26-15-5-2-1-3-6-15)23-10-8-14(12-23)17-11-18-16(20(25)22-17)7-4-9-21-18/h1-7,9,11,14H,8,10,12-13H2,(H,22,25)/t14-/m0/s1. The van der Waals surface area contributed by atoms with Gasteiger partial charge in [-0.1, -0.05) is 18.2 Å². The van der Waals surface area contributed by atoms with Gasteiger partial charge >= 0.3 is 0 Å². The number of ether oxygens (including phenoxy) is 1. The van der Waals surface area contributed by atoms with Crippen LogP contribution in [0, 0.1) is 0 Å². The Hall–Kier alpha value is -3.15. The molecule has 3 heterocycles. The van der Waals surface area contributed by atoms with E-state index in [1.165, 1.54) is 0 Å². The van der Waals surface area contributed by atoms with Crippen molar-refractivity contribution in [2.75, 3.05) is 19.7 Å². The summed E-state index contributed by atoms with van der Waals surface area (Å²) in [4.78, 5) is 33.6. The van der Waals surface area contributed by atoms with Gasteiger partial charge in [-0.2, -0.15) is 0 Å². The number of para-hydroxylation sites is 1. The van der Waals surface area contributed by atoms with Crippen LogP contribution in [0.3, 0.4) is 0 Å². The fraction of sp³-hybridized carbons (Fsp3) is 0.250. The Bertz CT molecular complexity index is 984. The molecule has 26 heavy (non-hydrogen) atoms. The number of aromatic nitrogens is 2. The van der Waals surface area contributed by atoms with Crippen molar-refractivity contribution in [2.24, 2.45) is 0 Å². The molecule has 0 aliphatic carbocycles. The summed E-state index contributed by atoms with van der Waals surface area (Å²) in [6, 6.07) is 14.7. The summed E-state index contributed by atoms with van der Waals surface area (Å²) in [5.74, 6) is 0.744. The number of fused-ring (bicyclic) bond motifs is 1. The molecule has 3 aromatic rings. The first-order valence-electron chi connectivity index (χ1n) is 8.64. The number of pyridine rings is 2. The lowest BCUT2D eigenvalue weighted by molar-refractivity contribution is -0.132. The lowest BCUT2D eigenvalue weighted by atomic mass is 10.0. The molecule has 0 radical (unpaired) electrons. The Morgan fingerprint density at radius 2 is 2.08 bits per heavy atom. The second-order valence-electron chi connectivity index (χ2n) is 6.42. The second kappa shape index (κ2) is 7.00. The van der Waals surface area contributed by atoms with E-state index in [9.17, 15) is 9.59 Å². The van der Waals surface area contributed by atoms with Crippen LogP contribution in [0.2, 0.25) is 0 Å². The van der Waals surface area contributed by atoms with E-state index < -0.39 is 0 Å². The molecule has 1 atom stereocenters. The van der Waals surface area contributed by atoms with Gasteiger partial charge in [-0.15, -0.1) is 0 Å². The fourth-order valence-electron chi connectivity index (χ4n) is 3.32. The maximum Gasteiger partial charge on any atom is 0.260 e. The average molecular weight is 349 g/mol. The lowest BCUT2D eigenvalue weighted by Gasteiger charge is -2.17. The summed E-state index contributed by atoms with van der Waals surface area (Å²) < 4.78 is 5.54. The zero-order chi connectivity index (χ0) is 17.9. The van der Waals surface area contributed by atoms with Crippen LogP contribution in [0.5, 0.6) is 5.75 Å². The van der Waals surface area contributed by atoms with Gasteiger partial charge < -0.3 is 14.6 Å². The van der Waals surface area contributed by atoms with Crippen LogP contribution in [0.1, 0.15) is 18.0 Å². The van der Waals surface area contributed by atoms with Gasteiger partial charge in [0.05, 0.1) is 10.9 Å². The molecule has 1 aromatic carbocycles. The zero-order valence-electron chi connectivity index (χ0n) is 14.2. The molecule has 1 saturated heterocycles. The summed E-state index contributed by atoms with van der Waals surface area (Å²) in [5.41, 5.74) is 1.38. The van der Waals surface area contributed by atoms with Crippen molar-refractivity contribution in [3.63, 3.8) is 0 Å². The summed E-state index contributed by atoms with van der Waals surface area (Å²) in [7, 11) is 0. The van der Waals surface area contributed by atoms with Gasteiger partial charge in [0.1, 0.15) is 5.75 Å². The third kappa shape index (κ3) is 3.31. The largest absolute Gasteiger partial charge is 0.484 e. The number of nitrogens with one attached hydrogen (secondary N) is 1. The molecule has 1 fully saturated rings. The first kappa shape index (κ1) is 16.3. The number of carbonyl (C=O) groups excluding carboxylic acids is 1. The molecular weight excluding hydrogens is 330 g/mol. The predicted octanol–water partition coefficient (Wildman–Crippen LogP) is 2.32. The van der Waals surface area contributed by atoms with Crippen molar-refractivity contribution in [3.8, 4) is 5.75 Å². The molecule has 4 rings (SSSR count). The van der Waals surface area contributed by atoms with Crippen LogP contribution in [0.25, 0.3) is 10.9 Å². The highest BCUT2D eigenvalue weighted by Crippen LogP contribution is 2.26. The molecule has 1 N–H and O–H groups in total. The van der Waals surface area contributed by atoms with Crippen molar-refractivity contribution >= 4 is 16.8 Å². The molecule has 1 amide bonds. The van der Waals surface area contributed by atoms with Crippen LogP contribution in [-0.4, -0.2) is 40.5 Å². The Labute approximate surface area is 150 Å². The summed E-state index contributed by atoms with van der Waals surface area (Å²) >= 11 is 0. The molecule has 6 nitrogen and oxygen atoms in total. The first-order valence-corrected chi connectivity index (χ1v) is 8.64. The molecule has 0 spiro atoms. The van der Waals surface area contributed by atoms with Gasteiger partial charge in [0, 0.05) is 30.9 Å². The van der Waals surface area contributed by atoms with Crippen molar-refractivity contribution in [2.45, 2.75) is 12.3 Å². The topological polar surface area (TPSA) is 75.3 Å². The van der Waals surface area contributed by atoms with E-state index >= 15 is 0 Å². The molecule has 0 saturated carbocycles. The normalized spacial score (nSPS) is 16.8. The molecule has 1 aliphatic rings. The van der Waals surface area contributed by atoms with Gasteiger partial charge in [0.15, 0.2) is 6.61 Å². The number of H-pyrrole nitrogens is 1. The number of rotatable bonds is 4. The first-order chi connectivity index (χ1) is 12.7. The Morgan fingerprint density at radius 3 is 2.92 bits per heavy atom. The number of nitrogens with zero attached hydrogens (tertiary/aromatic N) is 2. The maximum atomic E-state index is 12.4. The quantitative estimate of drug-likeness (QED) is 0.784. The SMILES string of the molecule is O=C(COc1ccccc1)N1CC[C@H](c2cc3ncccc3c(=O)[nH]2)C1. The van der Waals surface area contributed by atoms with Crippen LogP contribution in [0.15, 0.2) is 59.5 Å². The molecule has 132 valence electrons. The van der Waals surface area contributed by atoms with Crippen molar-refractivity contribution in [1.82, 2.24) is 14.9 Å². The van der Waals surface area contributed by atoms with Gasteiger partial charge in [0.25, 0.3) is 11.5 Å². The number of likely N-dealkylation sites (tertiary alicyclic amines) is 1. The van der Waals surface area contributed by atoms with Crippen LogP contribution < -0.4 is 10.3 Å². The summed E-state index contributed by atoms with van der Waals surface area (Å²) in [5, 5.41) is 0.582. The third-order valence-electron chi connectivity index (χ3n) is 4.72.